The highest BCUT2D eigenvalue weighted by Gasteiger charge is 2.14. The summed E-state index contributed by atoms with van der Waals surface area (Å²) in [5, 5.41) is 7.71. The van der Waals surface area contributed by atoms with Gasteiger partial charge in [-0.15, -0.1) is 0 Å². The first-order chi connectivity index (χ1) is 9.65. The molecule has 0 aromatic carbocycles. The second-order valence-corrected chi connectivity index (χ2v) is 4.90. The number of halogens is 1. The van der Waals surface area contributed by atoms with E-state index in [4.69, 9.17) is 22.1 Å². The van der Waals surface area contributed by atoms with Crippen LogP contribution in [0.5, 0.6) is 5.88 Å². The van der Waals surface area contributed by atoms with Crippen molar-refractivity contribution in [1.29, 1.82) is 0 Å². The average molecular weight is 296 g/mol. The van der Waals surface area contributed by atoms with Crippen LogP contribution < -0.4 is 10.5 Å². The van der Waals surface area contributed by atoms with Crippen LogP contribution in [-0.2, 0) is 6.54 Å². The lowest BCUT2D eigenvalue weighted by atomic mass is 10.1. The van der Waals surface area contributed by atoms with Gasteiger partial charge in [-0.1, -0.05) is 11.6 Å². The summed E-state index contributed by atoms with van der Waals surface area (Å²) in [7, 11) is 3.58. The number of ether oxygens (including phenoxy) is 1. The highest BCUT2D eigenvalue weighted by Crippen LogP contribution is 2.31. The molecule has 0 aliphatic carbocycles. The smallest absolute Gasteiger partial charge is 0.213 e. The Bertz CT molecular complexity index is 572. The summed E-state index contributed by atoms with van der Waals surface area (Å²) >= 11 is 6.21. The van der Waals surface area contributed by atoms with Gasteiger partial charge in [-0.25, -0.2) is 4.98 Å². The van der Waals surface area contributed by atoms with Gasteiger partial charge in [0, 0.05) is 43.0 Å². The number of H-pyrrole nitrogens is 1. The molecule has 2 heterocycles. The van der Waals surface area contributed by atoms with Crippen molar-refractivity contribution in [2.45, 2.75) is 6.54 Å². The Morgan fingerprint density at radius 2 is 2.30 bits per heavy atom. The molecule has 6 nitrogen and oxygen atoms in total. The molecule has 20 heavy (non-hydrogen) atoms. The van der Waals surface area contributed by atoms with Crippen molar-refractivity contribution in [2.75, 3.05) is 27.2 Å². The van der Waals surface area contributed by atoms with Crippen LogP contribution in [-0.4, -0.2) is 47.3 Å². The fourth-order valence-electron chi connectivity index (χ4n) is 1.97. The fourth-order valence-corrected chi connectivity index (χ4v) is 2.16. The third-order valence-electron chi connectivity index (χ3n) is 2.96. The molecule has 0 atom stereocenters. The fraction of sp³-hybridized carbons (Fsp3) is 0.385. The molecule has 2 aromatic rings. The normalized spacial score (nSPS) is 11.1. The summed E-state index contributed by atoms with van der Waals surface area (Å²) in [4.78, 5) is 6.19. The van der Waals surface area contributed by atoms with Gasteiger partial charge in [0.1, 0.15) is 0 Å². The molecular formula is C13H18ClN5O. The average Bonchev–Trinajstić information content (AvgIpc) is 2.87. The molecule has 2 aromatic heterocycles. The summed E-state index contributed by atoms with van der Waals surface area (Å²) in [5.41, 5.74) is 8.22. The monoisotopic (exact) mass is 295 g/mol. The maximum absolute atomic E-state index is 6.21. The molecule has 0 bridgehead atoms. The first-order valence-corrected chi connectivity index (χ1v) is 6.64. The minimum atomic E-state index is 0.508. The van der Waals surface area contributed by atoms with Crippen LogP contribution in [0.25, 0.3) is 11.3 Å². The number of rotatable bonds is 6. The molecule has 0 fully saturated rings. The number of methoxy groups -OCH3 is 1. The van der Waals surface area contributed by atoms with Crippen LogP contribution >= 0.6 is 11.6 Å². The van der Waals surface area contributed by atoms with Crippen LogP contribution in [0.2, 0.25) is 5.02 Å². The zero-order chi connectivity index (χ0) is 14.5. The van der Waals surface area contributed by atoms with Crippen molar-refractivity contribution in [3.8, 4) is 17.1 Å². The molecule has 108 valence electrons. The molecule has 7 heteroatoms. The van der Waals surface area contributed by atoms with Gasteiger partial charge in [0.2, 0.25) is 5.88 Å². The summed E-state index contributed by atoms with van der Waals surface area (Å²) in [6, 6.07) is 1.78. The Labute approximate surface area is 122 Å². The summed E-state index contributed by atoms with van der Waals surface area (Å²) in [5.74, 6) is 0.508. The van der Waals surface area contributed by atoms with Gasteiger partial charge in [-0.2, -0.15) is 5.10 Å². The van der Waals surface area contributed by atoms with Crippen LogP contribution in [0.1, 0.15) is 5.56 Å². The van der Waals surface area contributed by atoms with Gasteiger partial charge in [0.15, 0.2) is 0 Å². The first-order valence-electron chi connectivity index (χ1n) is 6.27. The summed E-state index contributed by atoms with van der Waals surface area (Å²) in [6.45, 7) is 2.18. The van der Waals surface area contributed by atoms with Crippen molar-refractivity contribution >= 4 is 11.6 Å². The van der Waals surface area contributed by atoms with Crippen molar-refractivity contribution in [1.82, 2.24) is 20.1 Å². The second kappa shape index (κ2) is 6.69. The van der Waals surface area contributed by atoms with Crippen molar-refractivity contribution < 1.29 is 4.74 Å². The second-order valence-electron chi connectivity index (χ2n) is 4.49. The molecule has 0 radical (unpaired) electrons. The Morgan fingerprint density at radius 1 is 1.50 bits per heavy atom. The van der Waals surface area contributed by atoms with Gasteiger partial charge in [0.25, 0.3) is 0 Å². The van der Waals surface area contributed by atoms with Crippen molar-refractivity contribution in [2.24, 2.45) is 5.73 Å². The Morgan fingerprint density at radius 3 is 3.00 bits per heavy atom. The third-order valence-corrected chi connectivity index (χ3v) is 3.27. The van der Waals surface area contributed by atoms with Crippen LogP contribution in [0, 0.1) is 0 Å². The third kappa shape index (κ3) is 3.27. The van der Waals surface area contributed by atoms with E-state index in [1.54, 1.807) is 19.4 Å². The highest BCUT2D eigenvalue weighted by atomic mass is 35.5. The lowest BCUT2D eigenvalue weighted by Crippen LogP contribution is -2.25. The minimum absolute atomic E-state index is 0.508. The predicted molar refractivity (Wildman–Crippen MR) is 78.8 cm³/mol. The number of nitrogens with two attached hydrogens (primary N) is 1. The molecule has 2 rings (SSSR count). The minimum Gasteiger partial charge on any atom is -0.481 e. The van der Waals surface area contributed by atoms with Crippen molar-refractivity contribution in [3.63, 3.8) is 0 Å². The largest absolute Gasteiger partial charge is 0.481 e. The van der Waals surface area contributed by atoms with Crippen LogP contribution in [0.4, 0.5) is 0 Å². The van der Waals surface area contributed by atoms with E-state index >= 15 is 0 Å². The maximum atomic E-state index is 6.21. The van der Waals surface area contributed by atoms with E-state index in [0.717, 1.165) is 29.9 Å². The topological polar surface area (TPSA) is 80.1 Å². The number of aromatic nitrogens is 3. The zero-order valence-corrected chi connectivity index (χ0v) is 12.3. The van der Waals surface area contributed by atoms with E-state index < -0.39 is 0 Å². The Balaban J connectivity index is 2.32. The summed E-state index contributed by atoms with van der Waals surface area (Å²) < 4.78 is 5.13. The quantitative estimate of drug-likeness (QED) is 0.845. The molecule has 0 amide bonds. The Hall–Kier alpha value is -1.63. The van der Waals surface area contributed by atoms with E-state index in [1.165, 1.54) is 0 Å². The zero-order valence-electron chi connectivity index (χ0n) is 11.6. The Kier molecular flexibility index (Phi) is 4.94. The SMILES string of the molecule is COc1cc(-c2n[nH]cc2CN(C)CCN)c(Cl)cn1. The number of pyridine rings is 1. The van der Waals surface area contributed by atoms with E-state index in [0.29, 0.717) is 17.4 Å². The van der Waals surface area contributed by atoms with E-state index in [9.17, 15) is 0 Å². The van der Waals surface area contributed by atoms with Crippen LogP contribution in [0.15, 0.2) is 18.5 Å². The standard InChI is InChI=1S/C13H18ClN5O/c1-19(4-3-15)8-9-6-17-18-13(9)10-5-12(20-2)16-7-11(10)14/h5-7H,3-4,8,15H2,1-2H3,(H,17,18). The van der Waals surface area contributed by atoms with Gasteiger partial charge in [-0.3, -0.25) is 5.10 Å². The predicted octanol–water partition coefficient (Wildman–Crippen LogP) is 1.52. The van der Waals surface area contributed by atoms with Gasteiger partial charge in [0.05, 0.1) is 24.0 Å². The number of hydrogen-bond donors (Lipinski definition) is 2. The number of nitrogens with one attached hydrogen (secondary N) is 1. The van der Waals surface area contributed by atoms with E-state index in [2.05, 4.69) is 20.1 Å². The number of aromatic amines is 1. The summed E-state index contributed by atoms with van der Waals surface area (Å²) in [6.07, 6.45) is 3.43. The number of nitrogens with zero attached hydrogens (tertiary/aromatic N) is 3. The maximum Gasteiger partial charge on any atom is 0.213 e. The molecule has 3 N–H and O–H groups in total. The highest BCUT2D eigenvalue weighted by molar-refractivity contribution is 6.33. The van der Waals surface area contributed by atoms with Crippen molar-refractivity contribution in [3.05, 3.63) is 29.0 Å². The van der Waals surface area contributed by atoms with Gasteiger partial charge >= 0.3 is 0 Å². The number of likely N-dealkylation sites (N-methyl/N-ethyl adjacent to an activating group) is 1. The van der Waals surface area contributed by atoms with Crippen LogP contribution in [0.3, 0.4) is 0 Å². The number of hydrogen-bond acceptors (Lipinski definition) is 5. The molecule has 0 saturated carbocycles. The molecule has 0 aliphatic heterocycles. The molecule has 0 unspecified atom stereocenters. The van der Waals surface area contributed by atoms with E-state index in [-0.39, 0.29) is 0 Å². The van der Waals surface area contributed by atoms with E-state index in [1.807, 2.05) is 13.2 Å². The van der Waals surface area contributed by atoms with Gasteiger partial charge < -0.3 is 15.4 Å². The lowest BCUT2D eigenvalue weighted by Gasteiger charge is -2.15. The molecule has 0 saturated heterocycles. The lowest BCUT2D eigenvalue weighted by molar-refractivity contribution is 0.337. The molecule has 0 spiro atoms. The first kappa shape index (κ1) is 14.8. The molecular weight excluding hydrogens is 278 g/mol. The molecule has 0 aliphatic rings. The van der Waals surface area contributed by atoms with Gasteiger partial charge in [-0.05, 0) is 7.05 Å².